The van der Waals surface area contributed by atoms with Gasteiger partial charge in [-0.25, -0.2) is 8.78 Å². The Balaban J connectivity index is 1.29. The largest absolute Gasteiger partial charge is 0.389 e. The van der Waals surface area contributed by atoms with Crippen LogP contribution in [0, 0.1) is 0 Å². The number of nitrogens with one attached hydrogen (secondary N) is 1. The molecular formula is C18H24F2N2O2. The van der Waals surface area contributed by atoms with Crippen LogP contribution in [0.1, 0.15) is 17.5 Å². The fraction of sp³-hybridized carbons (Fsp3) is 0.667. The summed E-state index contributed by atoms with van der Waals surface area (Å²) in [5.74, 6) is -2.60. The number of alkyl halides is 2. The highest BCUT2D eigenvalue weighted by Gasteiger charge is 2.43. The molecule has 0 spiro atoms. The van der Waals surface area contributed by atoms with Gasteiger partial charge in [-0.1, -0.05) is 24.3 Å². The van der Waals surface area contributed by atoms with Gasteiger partial charge in [0.15, 0.2) is 0 Å². The van der Waals surface area contributed by atoms with Crippen LogP contribution in [0.5, 0.6) is 0 Å². The third-order valence-electron chi connectivity index (χ3n) is 5.47. The molecule has 1 aliphatic carbocycles. The second-order valence-electron chi connectivity index (χ2n) is 7.35. The number of hydrogen-bond acceptors (Lipinski definition) is 4. The van der Waals surface area contributed by atoms with Gasteiger partial charge in [0, 0.05) is 25.6 Å². The summed E-state index contributed by atoms with van der Waals surface area (Å²) < 4.78 is 32.3. The Morgan fingerprint density at radius 2 is 1.96 bits per heavy atom. The van der Waals surface area contributed by atoms with Gasteiger partial charge in [0.05, 0.1) is 31.4 Å². The Morgan fingerprint density at radius 3 is 2.58 bits per heavy atom. The number of hydrogen-bond donors (Lipinski definition) is 2. The van der Waals surface area contributed by atoms with Crippen molar-refractivity contribution in [3.8, 4) is 0 Å². The highest BCUT2D eigenvalue weighted by molar-refractivity contribution is 5.33. The number of fused-ring (bicyclic) bond motifs is 1. The number of ether oxygens (including phenoxy) is 1. The number of rotatable bonds is 4. The van der Waals surface area contributed by atoms with E-state index in [1.54, 1.807) is 4.90 Å². The average molecular weight is 338 g/mol. The summed E-state index contributed by atoms with van der Waals surface area (Å²) in [6.45, 7) is 0.952. The summed E-state index contributed by atoms with van der Waals surface area (Å²) >= 11 is 0. The molecule has 4 rings (SSSR count). The fourth-order valence-electron chi connectivity index (χ4n) is 4.19. The van der Waals surface area contributed by atoms with Crippen molar-refractivity contribution < 1.29 is 18.6 Å². The van der Waals surface area contributed by atoms with Crippen LogP contribution in [0.4, 0.5) is 8.78 Å². The number of aliphatic hydroxyl groups is 1. The predicted octanol–water partition coefficient (Wildman–Crippen LogP) is 1.21. The standard InChI is InChI=1S/C18H24F2N2O2/c19-18(20)5-6-22(11-18)9-16-17(23)15(10-24-16)21-14-7-12-3-1-2-4-13(12)8-14/h1-4,14-17,21,23H,5-11H2. The van der Waals surface area contributed by atoms with Gasteiger partial charge in [-0.2, -0.15) is 0 Å². The minimum Gasteiger partial charge on any atom is -0.389 e. The van der Waals surface area contributed by atoms with Gasteiger partial charge < -0.3 is 15.2 Å². The summed E-state index contributed by atoms with van der Waals surface area (Å²) in [6.07, 6.45) is 0.783. The van der Waals surface area contributed by atoms with E-state index in [9.17, 15) is 13.9 Å². The van der Waals surface area contributed by atoms with Crippen LogP contribution < -0.4 is 5.32 Å². The molecule has 2 fully saturated rings. The lowest BCUT2D eigenvalue weighted by molar-refractivity contribution is -0.00745. The molecule has 2 N–H and O–H groups in total. The lowest BCUT2D eigenvalue weighted by Crippen LogP contribution is -2.48. The SMILES string of the molecule is OC1C(NC2Cc3ccccc3C2)COC1CN1CCC(F)(F)C1. The van der Waals surface area contributed by atoms with Gasteiger partial charge in [-0.3, -0.25) is 4.90 Å². The topological polar surface area (TPSA) is 44.7 Å². The van der Waals surface area contributed by atoms with Gasteiger partial charge in [0.1, 0.15) is 0 Å². The van der Waals surface area contributed by atoms with Crippen molar-refractivity contribution in [3.05, 3.63) is 35.4 Å². The molecule has 1 aromatic carbocycles. The number of benzene rings is 1. The molecule has 2 heterocycles. The van der Waals surface area contributed by atoms with Gasteiger partial charge in [-0.15, -0.1) is 0 Å². The molecule has 3 aliphatic rings. The summed E-state index contributed by atoms with van der Waals surface area (Å²) in [4.78, 5) is 1.70. The molecule has 0 aromatic heterocycles. The Bertz CT molecular complexity index is 573. The average Bonchev–Trinajstić information content (AvgIpc) is 3.20. The second kappa shape index (κ2) is 6.33. The fourth-order valence-corrected chi connectivity index (χ4v) is 4.19. The van der Waals surface area contributed by atoms with Crippen LogP contribution in [-0.4, -0.2) is 66.5 Å². The van der Waals surface area contributed by atoms with Crippen LogP contribution in [0.25, 0.3) is 0 Å². The van der Waals surface area contributed by atoms with Crippen molar-refractivity contribution in [2.75, 3.05) is 26.2 Å². The molecule has 0 amide bonds. The van der Waals surface area contributed by atoms with E-state index in [1.165, 1.54) is 11.1 Å². The Kier molecular flexibility index (Phi) is 4.33. The number of nitrogens with zero attached hydrogens (tertiary/aromatic N) is 1. The van der Waals surface area contributed by atoms with Crippen LogP contribution in [0.3, 0.4) is 0 Å². The molecule has 0 saturated carbocycles. The van der Waals surface area contributed by atoms with E-state index in [-0.39, 0.29) is 25.1 Å². The van der Waals surface area contributed by atoms with E-state index < -0.39 is 12.0 Å². The van der Waals surface area contributed by atoms with Crippen LogP contribution >= 0.6 is 0 Å². The van der Waals surface area contributed by atoms with E-state index >= 15 is 0 Å². The monoisotopic (exact) mass is 338 g/mol. The number of halogens is 2. The molecular weight excluding hydrogens is 314 g/mol. The van der Waals surface area contributed by atoms with Crippen LogP contribution in [0.15, 0.2) is 24.3 Å². The molecule has 0 bridgehead atoms. The van der Waals surface area contributed by atoms with Crippen molar-refractivity contribution in [2.45, 2.75) is 49.5 Å². The molecule has 2 saturated heterocycles. The quantitative estimate of drug-likeness (QED) is 0.866. The molecule has 132 valence electrons. The van der Waals surface area contributed by atoms with Gasteiger partial charge in [0.25, 0.3) is 5.92 Å². The van der Waals surface area contributed by atoms with Gasteiger partial charge in [-0.05, 0) is 24.0 Å². The molecule has 0 radical (unpaired) electrons. The second-order valence-corrected chi connectivity index (χ2v) is 7.35. The van der Waals surface area contributed by atoms with Crippen LogP contribution in [-0.2, 0) is 17.6 Å². The van der Waals surface area contributed by atoms with Crippen molar-refractivity contribution in [1.29, 1.82) is 0 Å². The third kappa shape index (κ3) is 3.33. The molecule has 3 atom stereocenters. The van der Waals surface area contributed by atoms with Gasteiger partial charge in [0.2, 0.25) is 0 Å². The molecule has 3 unspecified atom stereocenters. The van der Waals surface area contributed by atoms with E-state index in [1.807, 2.05) is 0 Å². The maximum absolute atomic E-state index is 13.3. The first-order valence-electron chi connectivity index (χ1n) is 8.73. The number of aliphatic hydroxyl groups excluding tert-OH is 1. The summed E-state index contributed by atoms with van der Waals surface area (Å²) in [6, 6.07) is 8.58. The van der Waals surface area contributed by atoms with E-state index in [2.05, 4.69) is 29.6 Å². The zero-order valence-electron chi connectivity index (χ0n) is 13.6. The first-order valence-corrected chi connectivity index (χ1v) is 8.73. The van der Waals surface area contributed by atoms with Crippen molar-refractivity contribution in [2.24, 2.45) is 0 Å². The lowest BCUT2D eigenvalue weighted by Gasteiger charge is -2.24. The van der Waals surface area contributed by atoms with Crippen molar-refractivity contribution in [1.82, 2.24) is 10.2 Å². The Labute approximate surface area is 140 Å². The van der Waals surface area contributed by atoms with Crippen LogP contribution in [0.2, 0.25) is 0 Å². The molecule has 24 heavy (non-hydrogen) atoms. The van der Waals surface area contributed by atoms with Crippen molar-refractivity contribution >= 4 is 0 Å². The normalized spacial score (nSPS) is 33.2. The highest BCUT2D eigenvalue weighted by Crippen LogP contribution is 2.29. The first-order chi connectivity index (χ1) is 11.5. The minimum atomic E-state index is -2.60. The Hall–Kier alpha value is -1.08. The van der Waals surface area contributed by atoms with E-state index in [4.69, 9.17) is 4.74 Å². The lowest BCUT2D eigenvalue weighted by atomic mass is 10.1. The predicted molar refractivity (Wildman–Crippen MR) is 86.3 cm³/mol. The zero-order valence-corrected chi connectivity index (χ0v) is 13.6. The van der Waals surface area contributed by atoms with E-state index in [0.29, 0.717) is 25.7 Å². The van der Waals surface area contributed by atoms with Gasteiger partial charge >= 0.3 is 0 Å². The van der Waals surface area contributed by atoms with E-state index in [0.717, 1.165) is 12.8 Å². The number of likely N-dealkylation sites (tertiary alicyclic amines) is 1. The van der Waals surface area contributed by atoms with Crippen molar-refractivity contribution in [3.63, 3.8) is 0 Å². The maximum Gasteiger partial charge on any atom is 0.261 e. The Morgan fingerprint density at radius 1 is 1.25 bits per heavy atom. The minimum absolute atomic E-state index is 0.0994. The first kappa shape index (κ1) is 16.4. The zero-order chi connectivity index (χ0) is 16.7. The molecule has 1 aromatic rings. The smallest absolute Gasteiger partial charge is 0.261 e. The highest BCUT2D eigenvalue weighted by atomic mass is 19.3. The third-order valence-corrected chi connectivity index (χ3v) is 5.47. The summed E-state index contributed by atoms with van der Waals surface area (Å²) in [5, 5.41) is 14.0. The summed E-state index contributed by atoms with van der Waals surface area (Å²) in [7, 11) is 0. The molecule has 6 heteroatoms. The maximum atomic E-state index is 13.3. The molecule has 2 aliphatic heterocycles. The molecule has 4 nitrogen and oxygen atoms in total. The summed E-state index contributed by atoms with van der Waals surface area (Å²) in [5.41, 5.74) is 2.72.